The molecule has 3 heterocycles. The Morgan fingerprint density at radius 3 is 2.96 bits per heavy atom. The van der Waals surface area contributed by atoms with Gasteiger partial charge in [-0.05, 0) is 49.3 Å². The van der Waals surface area contributed by atoms with Gasteiger partial charge < -0.3 is 5.32 Å². The summed E-state index contributed by atoms with van der Waals surface area (Å²) in [5, 5.41) is 3.70. The van der Waals surface area contributed by atoms with Crippen LogP contribution in [0.2, 0.25) is 0 Å². The third-order valence-corrected chi connectivity index (χ3v) is 6.45. The van der Waals surface area contributed by atoms with E-state index in [1.54, 1.807) is 17.7 Å². The molecule has 0 bridgehead atoms. The van der Waals surface area contributed by atoms with Crippen molar-refractivity contribution in [2.45, 2.75) is 38.1 Å². The van der Waals surface area contributed by atoms with Crippen molar-refractivity contribution in [2.24, 2.45) is 0 Å². The molecule has 5 nitrogen and oxygen atoms in total. The van der Waals surface area contributed by atoms with Gasteiger partial charge in [0.2, 0.25) is 5.91 Å². The van der Waals surface area contributed by atoms with Crippen molar-refractivity contribution in [3.05, 3.63) is 57.0 Å². The number of para-hydroxylation sites is 1. The maximum Gasteiger partial charge on any atom is 0.263 e. The molecule has 6 heteroatoms. The second kappa shape index (κ2) is 5.52. The molecular weight excluding hydrogens is 334 g/mol. The second-order valence-electron chi connectivity index (χ2n) is 6.70. The van der Waals surface area contributed by atoms with Gasteiger partial charge in [-0.25, -0.2) is 4.98 Å². The summed E-state index contributed by atoms with van der Waals surface area (Å²) in [6.07, 6.45) is 5.99. The number of hydrogen-bond acceptors (Lipinski definition) is 4. The fourth-order valence-corrected chi connectivity index (χ4v) is 5.20. The number of nitrogens with zero attached hydrogens (tertiary/aromatic N) is 2. The minimum Gasteiger partial charge on any atom is -0.324 e. The number of nitrogens with one attached hydrogen (secondary N) is 1. The number of aromatic nitrogens is 2. The van der Waals surface area contributed by atoms with Crippen LogP contribution in [0.3, 0.4) is 0 Å². The molecule has 1 aliphatic carbocycles. The third kappa shape index (κ3) is 2.24. The Balaban J connectivity index is 1.61. The SMILES string of the molecule is O=C1Nc2ccccc2CCC1n1cnc2sc3c(c2c1=O)CCC3. The highest BCUT2D eigenvalue weighted by Gasteiger charge is 2.28. The zero-order chi connectivity index (χ0) is 17.0. The molecule has 1 N–H and O–H groups in total. The molecule has 3 aromatic rings. The summed E-state index contributed by atoms with van der Waals surface area (Å²) in [6.45, 7) is 0. The number of hydrogen-bond donors (Lipinski definition) is 1. The zero-order valence-electron chi connectivity index (χ0n) is 13.6. The number of fused-ring (bicyclic) bond motifs is 4. The molecule has 1 aliphatic heterocycles. The van der Waals surface area contributed by atoms with E-state index in [1.807, 2.05) is 24.3 Å². The highest BCUT2D eigenvalue weighted by atomic mass is 32.1. The number of carbonyl (C=O) groups excluding carboxylic acids is 1. The predicted molar refractivity (Wildman–Crippen MR) is 98.3 cm³/mol. The van der Waals surface area contributed by atoms with Crippen LogP contribution in [0.25, 0.3) is 10.2 Å². The van der Waals surface area contributed by atoms with E-state index in [4.69, 9.17) is 0 Å². The van der Waals surface area contributed by atoms with Crippen LogP contribution in [-0.2, 0) is 24.1 Å². The van der Waals surface area contributed by atoms with Gasteiger partial charge in [0.05, 0.1) is 11.7 Å². The molecule has 0 fully saturated rings. The van der Waals surface area contributed by atoms with E-state index in [0.717, 1.165) is 52.7 Å². The lowest BCUT2D eigenvalue weighted by Gasteiger charge is -2.16. The first kappa shape index (κ1) is 14.8. The average molecular weight is 351 g/mol. The first-order valence-corrected chi connectivity index (χ1v) is 9.44. The maximum absolute atomic E-state index is 13.1. The van der Waals surface area contributed by atoms with E-state index in [-0.39, 0.29) is 11.5 Å². The van der Waals surface area contributed by atoms with Crippen LogP contribution in [0.15, 0.2) is 35.4 Å². The van der Waals surface area contributed by atoms with Gasteiger partial charge in [-0.15, -0.1) is 11.3 Å². The second-order valence-corrected chi connectivity index (χ2v) is 7.78. The maximum atomic E-state index is 13.1. The normalized spacial score (nSPS) is 19.4. The minimum atomic E-state index is -0.520. The largest absolute Gasteiger partial charge is 0.324 e. The molecule has 25 heavy (non-hydrogen) atoms. The molecule has 2 aliphatic rings. The molecule has 1 atom stereocenters. The summed E-state index contributed by atoms with van der Waals surface area (Å²) in [5.41, 5.74) is 3.03. The fourth-order valence-electron chi connectivity index (χ4n) is 3.98. The summed E-state index contributed by atoms with van der Waals surface area (Å²) < 4.78 is 1.54. The molecule has 0 radical (unpaired) electrons. The van der Waals surface area contributed by atoms with Crippen molar-refractivity contribution in [3.63, 3.8) is 0 Å². The standard InChI is InChI=1S/C19H17N3O2S/c23-17-14(9-8-11-4-1-2-6-13(11)21-17)22-10-20-18-16(19(22)24)12-5-3-7-15(12)25-18/h1-2,4,6,10,14H,3,5,7-9H2,(H,21,23). The minimum absolute atomic E-state index is 0.0736. The summed E-state index contributed by atoms with van der Waals surface area (Å²) >= 11 is 1.63. The summed E-state index contributed by atoms with van der Waals surface area (Å²) in [5.74, 6) is -0.139. The van der Waals surface area contributed by atoms with Gasteiger partial charge in [0.1, 0.15) is 10.9 Å². The zero-order valence-corrected chi connectivity index (χ0v) is 14.4. The van der Waals surface area contributed by atoms with Gasteiger partial charge in [0.25, 0.3) is 5.56 Å². The lowest BCUT2D eigenvalue weighted by Crippen LogP contribution is -2.33. The lowest BCUT2D eigenvalue weighted by molar-refractivity contribution is -0.119. The first-order valence-electron chi connectivity index (χ1n) is 8.62. The van der Waals surface area contributed by atoms with Gasteiger partial charge >= 0.3 is 0 Å². The topological polar surface area (TPSA) is 64.0 Å². The lowest BCUT2D eigenvalue weighted by atomic mass is 10.1. The molecule has 1 unspecified atom stereocenters. The third-order valence-electron chi connectivity index (χ3n) is 5.25. The first-order chi connectivity index (χ1) is 12.2. The van der Waals surface area contributed by atoms with Crippen molar-refractivity contribution < 1.29 is 4.79 Å². The van der Waals surface area contributed by atoms with Crippen LogP contribution >= 0.6 is 11.3 Å². The van der Waals surface area contributed by atoms with Gasteiger partial charge in [0.15, 0.2) is 0 Å². The van der Waals surface area contributed by atoms with Crippen molar-refractivity contribution >= 4 is 33.1 Å². The van der Waals surface area contributed by atoms with Crippen molar-refractivity contribution in [1.29, 1.82) is 0 Å². The summed E-state index contributed by atoms with van der Waals surface area (Å²) in [7, 11) is 0. The fraction of sp³-hybridized carbons (Fsp3) is 0.316. The molecular formula is C19H17N3O2S. The van der Waals surface area contributed by atoms with Crippen LogP contribution in [0.5, 0.6) is 0 Å². The molecule has 0 saturated heterocycles. The number of rotatable bonds is 1. The van der Waals surface area contributed by atoms with E-state index < -0.39 is 6.04 Å². The average Bonchev–Trinajstić information content (AvgIpc) is 3.14. The van der Waals surface area contributed by atoms with E-state index >= 15 is 0 Å². The van der Waals surface area contributed by atoms with Gasteiger partial charge in [0, 0.05) is 10.6 Å². The van der Waals surface area contributed by atoms with Crippen LogP contribution in [0.1, 0.15) is 34.9 Å². The number of carbonyl (C=O) groups is 1. The van der Waals surface area contributed by atoms with Gasteiger partial charge in [-0.2, -0.15) is 0 Å². The predicted octanol–water partition coefficient (Wildman–Crippen LogP) is 3.07. The van der Waals surface area contributed by atoms with Crippen LogP contribution in [0.4, 0.5) is 5.69 Å². The molecule has 1 aromatic carbocycles. The molecule has 126 valence electrons. The van der Waals surface area contributed by atoms with Crippen molar-refractivity contribution in [2.75, 3.05) is 5.32 Å². The number of thiophene rings is 1. The van der Waals surface area contributed by atoms with Gasteiger partial charge in [-0.3, -0.25) is 14.2 Å². The quantitative estimate of drug-likeness (QED) is 0.733. The Morgan fingerprint density at radius 2 is 2.04 bits per heavy atom. The number of amides is 1. The van der Waals surface area contributed by atoms with Crippen molar-refractivity contribution in [3.8, 4) is 0 Å². The summed E-state index contributed by atoms with van der Waals surface area (Å²) in [4.78, 5) is 32.5. The molecule has 0 spiro atoms. The van der Waals surface area contributed by atoms with E-state index in [0.29, 0.717) is 6.42 Å². The molecule has 2 aromatic heterocycles. The summed E-state index contributed by atoms with van der Waals surface area (Å²) in [6, 6.07) is 7.29. The number of aryl methyl sites for hydroxylation is 3. The van der Waals surface area contributed by atoms with Crippen LogP contribution in [-0.4, -0.2) is 15.5 Å². The Morgan fingerprint density at radius 1 is 1.16 bits per heavy atom. The van der Waals surface area contributed by atoms with Gasteiger partial charge in [-0.1, -0.05) is 18.2 Å². The van der Waals surface area contributed by atoms with Crippen LogP contribution in [0, 0.1) is 0 Å². The Labute approximate surface area is 148 Å². The van der Waals surface area contributed by atoms with E-state index in [9.17, 15) is 9.59 Å². The van der Waals surface area contributed by atoms with E-state index in [2.05, 4.69) is 10.3 Å². The monoisotopic (exact) mass is 351 g/mol. The number of anilines is 1. The number of benzene rings is 1. The highest BCUT2D eigenvalue weighted by Crippen LogP contribution is 2.35. The van der Waals surface area contributed by atoms with Crippen molar-refractivity contribution in [1.82, 2.24) is 9.55 Å². The smallest absolute Gasteiger partial charge is 0.263 e. The van der Waals surface area contributed by atoms with Crippen LogP contribution < -0.4 is 10.9 Å². The Bertz CT molecular complexity index is 1070. The molecule has 0 saturated carbocycles. The molecule has 1 amide bonds. The Kier molecular flexibility index (Phi) is 3.28. The Hall–Kier alpha value is -2.47. The molecule has 5 rings (SSSR count). The van der Waals surface area contributed by atoms with E-state index in [1.165, 1.54) is 9.44 Å². The highest BCUT2D eigenvalue weighted by molar-refractivity contribution is 7.18.